The molecule has 1 saturated carbocycles. The average Bonchev–Trinajstić information content (AvgIpc) is 3.13. The number of methoxy groups -OCH3 is 1. The highest BCUT2D eigenvalue weighted by atomic mass is 35.5. The van der Waals surface area contributed by atoms with E-state index >= 15 is 0 Å². The predicted octanol–water partition coefficient (Wildman–Crippen LogP) is 1.09. The molecule has 1 aliphatic carbocycles. The number of carbonyl (C=O) groups is 1. The van der Waals surface area contributed by atoms with Gasteiger partial charge < -0.3 is 15.4 Å². The van der Waals surface area contributed by atoms with Gasteiger partial charge in [0.05, 0.1) is 0 Å². The minimum absolute atomic E-state index is 0. The molecule has 0 spiro atoms. The van der Waals surface area contributed by atoms with E-state index in [1.54, 1.807) is 7.11 Å². The van der Waals surface area contributed by atoms with E-state index in [2.05, 4.69) is 17.6 Å². The molecule has 100 valence electrons. The van der Waals surface area contributed by atoms with E-state index < -0.39 is 5.60 Å². The minimum atomic E-state index is -0.589. The number of ether oxygens (including phenoxy) is 1. The minimum Gasteiger partial charge on any atom is -0.368 e. The lowest BCUT2D eigenvalue weighted by molar-refractivity contribution is -0.147. The van der Waals surface area contributed by atoms with Gasteiger partial charge in [0.2, 0.25) is 0 Å². The van der Waals surface area contributed by atoms with Crippen molar-refractivity contribution in [3.63, 3.8) is 0 Å². The summed E-state index contributed by atoms with van der Waals surface area (Å²) < 4.78 is 5.49. The number of piperidine rings is 1. The average molecular weight is 263 g/mol. The fraction of sp³-hybridized carbons (Fsp3) is 0.917. The Balaban J connectivity index is 0.00000144. The van der Waals surface area contributed by atoms with Gasteiger partial charge in [0, 0.05) is 13.2 Å². The van der Waals surface area contributed by atoms with Gasteiger partial charge in [-0.15, -0.1) is 12.4 Å². The van der Waals surface area contributed by atoms with E-state index in [0.717, 1.165) is 25.9 Å². The zero-order valence-corrected chi connectivity index (χ0v) is 11.4. The van der Waals surface area contributed by atoms with E-state index in [-0.39, 0.29) is 18.3 Å². The van der Waals surface area contributed by atoms with Crippen molar-refractivity contribution in [2.75, 3.05) is 20.2 Å². The molecule has 1 saturated heterocycles. The quantitative estimate of drug-likeness (QED) is 0.798. The Kier molecular flexibility index (Phi) is 5.22. The number of amides is 1. The summed E-state index contributed by atoms with van der Waals surface area (Å²) in [5.74, 6) is 0.774. The third kappa shape index (κ3) is 3.33. The fourth-order valence-corrected chi connectivity index (χ4v) is 2.41. The van der Waals surface area contributed by atoms with Gasteiger partial charge in [-0.3, -0.25) is 4.79 Å². The highest BCUT2D eigenvalue weighted by Gasteiger charge is 2.41. The van der Waals surface area contributed by atoms with Crippen molar-refractivity contribution in [3.8, 4) is 0 Å². The summed E-state index contributed by atoms with van der Waals surface area (Å²) in [4.78, 5) is 12.2. The Bertz CT molecular complexity index is 263. The number of nitrogens with one attached hydrogen (secondary N) is 2. The molecule has 2 fully saturated rings. The SMILES string of the molecule is COC1(C(=O)NC(C)C2CC2)CCNCC1.Cl. The lowest BCUT2D eigenvalue weighted by Crippen LogP contribution is -2.56. The Hall–Kier alpha value is -0.320. The van der Waals surface area contributed by atoms with Crippen LogP contribution in [0.3, 0.4) is 0 Å². The van der Waals surface area contributed by atoms with Crippen molar-refractivity contribution in [2.24, 2.45) is 5.92 Å². The van der Waals surface area contributed by atoms with Crippen molar-refractivity contribution in [3.05, 3.63) is 0 Å². The topological polar surface area (TPSA) is 50.4 Å². The molecular weight excluding hydrogens is 240 g/mol. The van der Waals surface area contributed by atoms with Crippen molar-refractivity contribution in [1.82, 2.24) is 10.6 Å². The number of hydrogen-bond acceptors (Lipinski definition) is 3. The Morgan fingerprint density at radius 2 is 2.00 bits per heavy atom. The summed E-state index contributed by atoms with van der Waals surface area (Å²) in [6, 6.07) is 0.300. The molecule has 2 N–H and O–H groups in total. The normalized spacial score (nSPS) is 24.6. The monoisotopic (exact) mass is 262 g/mol. The molecule has 1 heterocycles. The van der Waals surface area contributed by atoms with Crippen molar-refractivity contribution >= 4 is 18.3 Å². The number of carbonyl (C=O) groups excluding carboxylic acids is 1. The van der Waals surface area contributed by atoms with Crippen LogP contribution in [0.5, 0.6) is 0 Å². The van der Waals surface area contributed by atoms with E-state index in [9.17, 15) is 4.79 Å². The van der Waals surface area contributed by atoms with E-state index in [1.807, 2.05) is 0 Å². The summed E-state index contributed by atoms with van der Waals surface area (Å²) in [5.41, 5.74) is -0.589. The molecule has 2 aliphatic rings. The predicted molar refractivity (Wildman–Crippen MR) is 69.4 cm³/mol. The summed E-state index contributed by atoms with van der Waals surface area (Å²) in [6.45, 7) is 3.82. The molecule has 17 heavy (non-hydrogen) atoms. The van der Waals surface area contributed by atoms with Gasteiger partial charge in [-0.05, 0) is 51.6 Å². The molecule has 1 atom stereocenters. The van der Waals surface area contributed by atoms with Crippen LogP contribution in [0.4, 0.5) is 0 Å². The summed E-state index contributed by atoms with van der Waals surface area (Å²) in [7, 11) is 1.65. The largest absolute Gasteiger partial charge is 0.368 e. The van der Waals surface area contributed by atoms with Gasteiger partial charge in [-0.25, -0.2) is 0 Å². The van der Waals surface area contributed by atoms with Gasteiger partial charge in [0.1, 0.15) is 5.60 Å². The maximum Gasteiger partial charge on any atom is 0.252 e. The van der Waals surface area contributed by atoms with Gasteiger partial charge in [-0.2, -0.15) is 0 Å². The van der Waals surface area contributed by atoms with E-state index in [0.29, 0.717) is 12.0 Å². The van der Waals surface area contributed by atoms with Crippen LogP contribution in [-0.4, -0.2) is 37.7 Å². The number of rotatable bonds is 4. The number of hydrogen-bond donors (Lipinski definition) is 2. The van der Waals surface area contributed by atoms with Crippen LogP contribution >= 0.6 is 12.4 Å². The maximum absolute atomic E-state index is 12.2. The van der Waals surface area contributed by atoms with Crippen LogP contribution < -0.4 is 10.6 Å². The van der Waals surface area contributed by atoms with E-state index in [1.165, 1.54) is 12.8 Å². The highest BCUT2D eigenvalue weighted by molar-refractivity contribution is 5.86. The zero-order chi connectivity index (χ0) is 11.6. The summed E-state index contributed by atoms with van der Waals surface area (Å²) >= 11 is 0. The lowest BCUT2D eigenvalue weighted by atomic mass is 9.90. The first kappa shape index (κ1) is 14.7. The third-order valence-electron chi connectivity index (χ3n) is 3.90. The second-order valence-electron chi connectivity index (χ2n) is 5.05. The number of halogens is 1. The molecule has 5 heteroatoms. The molecule has 0 aromatic rings. The zero-order valence-electron chi connectivity index (χ0n) is 10.6. The summed E-state index contributed by atoms with van der Waals surface area (Å²) in [6.07, 6.45) is 4.05. The smallest absolute Gasteiger partial charge is 0.252 e. The van der Waals surface area contributed by atoms with Crippen LogP contribution in [0.1, 0.15) is 32.6 Å². The van der Waals surface area contributed by atoms with Crippen molar-refractivity contribution in [1.29, 1.82) is 0 Å². The van der Waals surface area contributed by atoms with Gasteiger partial charge >= 0.3 is 0 Å². The van der Waals surface area contributed by atoms with Gasteiger partial charge in [-0.1, -0.05) is 0 Å². The molecular formula is C12H23ClN2O2. The lowest BCUT2D eigenvalue weighted by Gasteiger charge is -2.35. The Morgan fingerprint density at radius 3 is 2.47 bits per heavy atom. The molecule has 0 radical (unpaired) electrons. The van der Waals surface area contributed by atoms with Crippen LogP contribution in [0.15, 0.2) is 0 Å². The second kappa shape index (κ2) is 6.03. The standard InChI is InChI=1S/C12H22N2O2.ClH/c1-9(10-3-4-10)14-11(15)12(16-2)5-7-13-8-6-12;/h9-10,13H,3-8H2,1-2H3,(H,14,15);1H. The first-order chi connectivity index (χ1) is 7.68. The summed E-state index contributed by atoms with van der Waals surface area (Å²) in [5, 5.41) is 6.37. The molecule has 0 aromatic heterocycles. The maximum atomic E-state index is 12.2. The first-order valence-corrected chi connectivity index (χ1v) is 6.25. The Morgan fingerprint density at radius 1 is 1.41 bits per heavy atom. The molecule has 0 aromatic carbocycles. The molecule has 1 aliphatic heterocycles. The van der Waals surface area contributed by atoms with Gasteiger partial charge in [0.15, 0.2) is 0 Å². The molecule has 0 bridgehead atoms. The molecule has 2 rings (SSSR count). The second-order valence-corrected chi connectivity index (χ2v) is 5.05. The molecule has 1 amide bonds. The first-order valence-electron chi connectivity index (χ1n) is 6.25. The van der Waals surface area contributed by atoms with Crippen LogP contribution in [-0.2, 0) is 9.53 Å². The van der Waals surface area contributed by atoms with Crippen molar-refractivity contribution in [2.45, 2.75) is 44.2 Å². The van der Waals surface area contributed by atoms with Crippen LogP contribution in [0, 0.1) is 5.92 Å². The van der Waals surface area contributed by atoms with Crippen LogP contribution in [0.2, 0.25) is 0 Å². The van der Waals surface area contributed by atoms with Gasteiger partial charge in [0.25, 0.3) is 5.91 Å². The fourth-order valence-electron chi connectivity index (χ4n) is 2.41. The Labute approximate surface area is 109 Å². The van der Waals surface area contributed by atoms with Crippen LogP contribution in [0.25, 0.3) is 0 Å². The molecule has 1 unspecified atom stereocenters. The third-order valence-corrected chi connectivity index (χ3v) is 3.90. The van der Waals surface area contributed by atoms with Crippen molar-refractivity contribution < 1.29 is 9.53 Å². The van der Waals surface area contributed by atoms with E-state index in [4.69, 9.17) is 4.74 Å². The molecule has 4 nitrogen and oxygen atoms in total. The highest BCUT2D eigenvalue weighted by Crippen LogP contribution is 2.33.